The Hall–Kier alpha value is -1.50. The van der Waals surface area contributed by atoms with E-state index in [9.17, 15) is 4.39 Å². The van der Waals surface area contributed by atoms with E-state index < -0.39 is 0 Å². The number of ether oxygens (including phenoxy) is 1. The Kier molecular flexibility index (Phi) is 4.29. The van der Waals surface area contributed by atoms with Crippen molar-refractivity contribution in [2.45, 2.75) is 12.8 Å². The maximum atomic E-state index is 13.3. The Morgan fingerprint density at radius 1 is 1.30 bits per heavy atom. The minimum Gasteiger partial charge on any atom is -0.379 e. The van der Waals surface area contributed by atoms with Crippen molar-refractivity contribution >= 4 is 16.5 Å². The summed E-state index contributed by atoms with van der Waals surface area (Å²) in [5.74, 6) is -0.166. The second-order valence-corrected chi connectivity index (χ2v) is 7.09. The lowest BCUT2D eigenvalue weighted by Crippen LogP contribution is -2.37. The maximum absolute atomic E-state index is 13.3. The van der Waals surface area contributed by atoms with E-state index in [1.807, 2.05) is 6.07 Å². The van der Waals surface area contributed by atoms with Crippen LogP contribution in [0.5, 0.6) is 0 Å². The average molecular weight is 333 g/mol. The minimum absolute atomic E-state index is 0.166. The highest BCUT2D eigenvalue weighted by Crippen LogP contribution is 2.41. The smallest absolute Gasteiger partial charge is 0.183 e. The van der Waals surface area contributed by atoms with Crippen LogP contribution in [0.3, 0.4) is 0 Å². The summed E-state index contributed by atoms with van der Waals surface area (Å²) < 4.78 is 18.6. The highest BCUT2D eigenvalue weighted by molar-refractivity contribution is 7.16. The van der Waals surface area contributed by atoms with Crippen molar-refractivity contribution < 1.29 is 9.13 Å². The first-order chi connectivity index (χ1) is 11.3. The summed E-state index contributed by atoms with van der Waals surface area (Å²) in [5, 5.41) is 4.41. The zero-order valence-electron chi connectivity index (χ0n) is 13.0. The first-order valence-corrected chi connectivity index (χ1v) is 8.94. The predicted molar refractivity (Wildman–Crippen MR) is 90.7 cm³/mol. The van der Waals surface area contributed by atoms with E-state index in [0.717, 1.165) is 74.2 Å². The van der Waals surface area contributed by atoms with Gasteiger partial charge in [0.1, 0.15) is 5.82 Å². The number of nitrogens with one attached hydrogen (secondary N) is 1. The molecule has 0 spiro atoms. The standard InChI is InChI=1S/C17H20FN3OS/c18-13-2-3-14-12(10-13)11-15-16(14)20-17(23-15)19-4-1-5-21-6-8-22-9-7-21/h2-3,10H,1,4-9,11H2,(H,19,20). The number of anilines is 1. The molecule has 0 atom stereocenters. The molecule has 0 bridgehead atoms. The summed E-state index contributed by atoms with van der Waals surface area (Å²) in [7, 11) is 0. The number of rotatable bonds is 5. The third-order valence-electron chi connectivity index (χ3n) is 4.40. The molecule has 1 saturated heterocycles. The van der Waals surface area contributed by atoms with Crippen LogP contribution in [0, 0.1) is 5.82 Å². The number of fused-ring (bicyclic) bond motifs is 3. The molecule has 2 heterocycles. The summed E-state index contributed by atoms with van der Waals surface area (Å²) in [5.41, 5.74) is 3.16. The van der Waals surface area contributed by atoms with Crippen molar-refractivity contribution in [2.75, 3.05) is 44.7 Å². The summed E-state index contributed by atoms with van der Waals surface area (Å²) >= 11 is 1.69. The highest BCUT2D eigenvalue weighted by atomic mass is 32.1. The van der Waals surface area contributed by atoms with Crippen LogP contribution < -0.4 is 5.32 Å². The Bertz CT molecular complexity index is 697. The normalized spacial score (nSPS) is 17.1. The third kappa shape index (κ3) is 3.24. The van der Waals surface area contributed by atoms with Gasteiger partial charge in [0.2, 0.25) is 0 Å². The molecule has 1 fully saturated rings. The van der Waals surface area contributed by atoms with Crippen LogP contribution in [0.25, 0.3) is 11.3 Å². The van der Waals surface area contributed by atoms with Crippen molar-refractivity contribution in [1.82, 2.24) is 9.88 Å². The van der Waals surface area contributed by atoms with Crippen molar-refractivity contribution in [3.05, 3.63) is 34.5 Å². The molecule has 122 valence electrons. The third-order valence-corrected chi connectivity index (χ3v) is 5.41. The quantitative estimate of drug-likeness (QED) is 0.729. The molecule has 1 aromatic carbocycles. The molecule has 4 rings (SSSR count). The van der Waals surface area contributed by atoms with Crippen LogP contribution in [0.15, 0.2) is 18.2 Å². The molecule has 1 N–H and O–H groups in total. The molecule has 1 aromatic heterocycles. The first kappa shape index (κ1) is 15.1. The van der Waals surface area contributed by atoms with Crippen LogP contribution in [0.4, 0.5) is 9.52 Å². The Balaban J connectivity index is 1.32. The Morgan fingerprint density at radius 3 is 3.04 bits per heavy atom. The summed E-state index contributed by atoms with van der Waals surface area (Å²) in [6.07, 6.45) is 1.90. The molecule has 4 nitrogen and oxygen atoms in total. The van der Waals surface area contributed by atoms with E-state index >= 15 is 0 Å². The number of nitrogens with zero attached hydrogens (tertiary/aromatic N) is 2. The molecule has 0 saturated carbocycles. The van der Waals surface area contributed by atoms with Gasteiger partial charge in [0, 0.05) is 36.5 Å². The molecule has 2 aromatic rings. The fraction of sp³-hybridized carbons (Fsp3) is 0.471. The predicted octanol–water partition coefficient (Wildman–Crippen LogP) is 2.99. The van der Waals surface area contributed by atoms with Crippen LogP contribution in [-0.2, 0) is 11.2 Å². The van der Waals surface area contributed by atoms with Gasteiger partial charge in [-0.05, 0) is 36.7 Å². The van der Waals surface area contributed by atoms with E-state index in [2.05, 4.69) is 10.2 Å². The molecule has 1 aliphatic heterocycles. The van der Waals surface area contributed by atoms with Crippen molar-refractivity contribution in [3.63, 3.8) is 0 Å². The average Bonchev–Trinajstić information content (AvgIpc) is 3.09. The maximum Gasteiger partial charge on any atom is 0.183 e. The van der Waals surface area contributed by atoms with Crippen LogP contribution in [0.1, 0.15) is 16.9 Å². The van der Waals surface area contributed by atoms with Gasteiger partial charge in [0.15, 0.2) is 5.13 Å². The van der Waals surface area contributed by atoms with E-state index in [1.54, 1.807) is 17.4 Å². The van der Waals surface area contributed by atoms with Crippen LogP contribution >= 0.6 is 11.3 Å². The SMILES string of the molecule is Fc1ccc2c(c1)Cc1sc(NCCCN3CCOCC3)nc1-2. The van der Waals surface area contributed by atoms with Crippen LogP contribution in [-0.4, -0.2) is 49.3 Å². The lowest BCUT2D eigenvalue weighted by Gasteiger charge is -2.26. The van der Waals surface area contributed by atoms with Gasteiger partial charge in [-0.25, -0.2) is 9.37 Å². The molecular weight excluding hydrogens is 313 g/mol. The van der Waals surface area contributed by atoms with E-state index in [1.165, 1.54) is 10.9 Å². The lowest BCUT2D eigenvalue weighted by molar-refractivity contribution is 0.0378. The van der Waals surface area contributed by atoms with Gasteiger partial charge in [-0.3, -0.25) is 4.90 Å². The van der Waals surface area contributed by atoms with Crippen LogP contribution in [0.2, 0.25) is 0 Å². The van der Waals surface area contributed by atoms with Crippen molar-refractivity contribution in [3.8, 4) is 11.3 Å². The topological polar surface area (TPSA) is 37.4 Å². The largest absolute Gasteiger partial charge is 0.379 e. The zero-order chi connectivity index (χ0) is 15.6. The molecular formula is C17H20FN3OS. The molecule has 0 amide bonds. The van der Waals surface area contributed by atoms with E-state index in [0.29, 0.717) is 0 Å². The van der Waals surface area contributed by atoms with Gasteiger partial charge in [-0.2, -0.15) is 0 Å². The van der Waals surface area contributed by atoms with Gasteiger partial charge in [0.05, 0.1) is 18.9 Å². The first-order valence-electron chi connectivity index (χ1n) is 8.12. The number of thiazole rings is 1. The van der Waals surface area contributed by atoms with Gasteiger partial charge in [-0.1, -0.05) is 0 Å². The summed E-state index contributed by atoms with van der Waals surface area (Å²) in [4.78, 5) is 8.38. The number of halogens is 1. The molecule has 23 heavy (non-hydrogen) atoms. The second kappa shape index (κ2) is 6.55. The lowest BCUT2D eigenvalue weighted by atomic mass is 10.1. The number of aromatic nitrogens is 1. The van der Waals surface area contributed by atoms with Gasteiger partial charge in [-0.15, -0.1) is 11.3 Å². The highest BCUT2D eigenvalue weighted by Gasteiger charge is 2.23. The van der Waals surface area contributed by atoms with Crippen molar-refractivity contribution in [1.29, 1.82) is 0 Å². The van der Waals surface area contributed by atoms with E-state index in [-0.39, 0.29) is 5.82 Å². The van der Waals surface area contributed by atoms with Crippen molar-refractivity contribution in [2.24, 2.45) is 0 Å². The molecule has 0 radical (unpaired) electrons. The number of hydrogen-bond acceptors (Lipinski definition) is 5. The molecule has 1 aliphatic carbocycles. The summed E-state index contributed by atoms with van der Waals surface area (Å²) in [6, 6.07) is 4.99. The van der Waals surface area contributed by atoms with Gasteiger partial charge in [0.25, 0.3) is 0 Å². The summed E-state index contributed by atoms with van der Waals surface area (Å²) in [6.45, 7) is 5.82. The Morgan fingerprint density at radius 2 is 2.17 bits per heavy atom. The number of hydrogen-bond donors (Lipinski definition) is 1. The number of morpholine rings is 1. The fourth-order valence-electron chi connectivity index (χ4n) is 3.19. The van der Waals surface area contributed by atoms with E-state index in [4.69, 9.17) is 9.72 Å². The fourth-order valence-corrected chi connectivity index (χ4v) is 4.22. The molecule has 0 unspecified atom stereocenters. The van der Waals surface area contributed by atoms with Gasteiger partial charge < -0.3 is 10.1 Å². The number of benzene rings is 1. The minimum atomic E-state index is -0.166. The second-order valence-electron chi connectivity index (χ2n) is 6.00. The monoisotopic (exact) mass is 333 g/mol. The Labute approximate surface area is 139 Å². The zero-order valence-corrected chi connectivity index (χ0v) is 13.8. The van der Waals surface area contributed by atoms with Gasteiger partial charge >= 0.3 is 0 Å². The molecule has 2 aliphatic rings. The molecule has 6 heteroatoms.